The van der Waals surface area contributed by atoms with Gasteiger partial charge >= 0.3 is 0 Å². The molecular formula is C7H7Cl2. The van der Waals surface area contributed by atoms with Crippen LogP contribution in [0.5, 0.6) is 0 Å². The second-order valence-corrected chi connectivity index (χ2v) is 3.24. The third-order valence-electron chi connectivity index (χ3n) is 1.25. The Hall–Kier alpha value is 0.0600. The Morgan fingerprint density at radius 2 is 2.33 bits per heavy atom. The van der Waals surface area contributed by atoms with Gasteiger partial charge in [0.15, 0.2) is 0 Å². The summed E-state index contributed by atoms with van der Waals surface area (Å²) in [7, 11) is 0. The van der Waals surface area contributed by atoms with Crippen LogP contribution in [0.2, 0.25) is 0 Å². The molecule has 0 aromatic carbocycles. The molecule has 0 bridgehead atoms. The SMILES string of the molecule is [CH2]C1(Cl)CC=CC=C1Cl. The van der Waals surface area contributed by atoms with E-state index >= 15 is 0 Å². The topological polar surface area (TPSA) is 0 Å². The first-order valence-electron chi connectivity index (χ1n) is 2.70. The number of allylic oxidation sites excluding steroid dienone is 4. The molecule has 1 aliphatic carbocycles. The Morgan fingerprint density at radius 1 is 1.67 bits per heavy atom. The number of alkyl halides is 1. The van der Waals surface area contributed by atoms with Gasteiger partial charge in [-0.3, -0.25) is 0 Å². The van der Waals surface area contributed by atoms with Gasteiger partial charge in [0.2, 0.25) is 0 Å². The lowest BCUT2D eigenvalue weighted by atomic mass is 10.0. The van der Waals surface area contributed by atoms with E-state index in [0.717, 1.165) is 0 Å². The molecule has 1 unspecified atom stereocenters. The van der Waals surface area contributed by atoms with Crippen molar-refractivity contribution in [2.45, 2.75) is 11.3 Å². The molecule has 1 radical (unpaired) electrons. The van der Waals surface area contributed by atoms with Gasteiger partial charge in [-0.1, -0.05) is 23.8 Å². The van der Waals surface area contributed by atoms with E-state index in [1.54, 1.807) is 6.08 Å². The molecule has 1 aliphatic rings. The fraction of sp³-hybridized carbons (Fsp3) is 0.286. The van der Waals surface area contributed by atoms with E-state index in [9.17, 15) is 0 Å². The fourth-order valence-electron chi connectivity index (χ4n) is 0.654. The smallest absolute Gasteiger partial charge is 0.0835 e. The van der Waals surface area contributed by atoms with Crippen LogP contribution < -0.4 is 0 Å². The molecule has 0 spiro atoms. The summed E-state index contributed by atoms with van der Waals surface area (Å²) in [6.07, 6.45) is 6.31. The van der Waals surface area contributed by atoms with Crippen LogP contribution in [0.4, 0.5) is 0 Å². The Balaban J connectivity index is 2.83. The van der Waals surface area contributed by atoms with Crippen LogP contribution in [-0.4, -0.2) is 4.87 Å². The first-order valence-corrected chi connectivity index (χ1v) is 3.45. The summed E-state index contributed by atoms with van der Waals surface area (Å²) < 4.78 is 0. The third kappa shape index (κ3) is 1.50. The highest BCUT2D eigenvalue weighted by Crippen LogP contribution is 2.33. The van der Waals surface area contributed by atoms with Gasteiger partial charge in [-0.2, -0.15) is 0 Å². The van der Waals surface area contributed by atoms with E-state index in [-0.39, 0.29) is 0 Å². The quantitative estimate of drug-likeness (QED) is 0.480. The summed E-state index contributed by atoms with van der Waals surface area (Å²) in [5, 5.41) is 0.617. The monoisotopic (exact) mass is 161 g/mol. The summed E-state index contributed by atoms with van der Waals surface area (Å²) in [5.41, 5.74) is 0. The average molecular weight is 162 g/mol. The zero-order chi connectivity index (χ0) is 6.91. The van der Waals surface area contributed by atoms with Crippen molar-refractivity contribution in [1.29, 1.82) is 0 Å². The molecular weight excluding hydrogens is 155 g/mol. The molecule has 0 nitrogen and oxygen atoms in total. The van der Waals surface area contributed by atoms with E-state index in [1.807, 2.05) is 12.2 Å². The lowest BCUT2D eigenvalue weighted by molar-refractivity contribution is 0.846. The number of hydrogen-bond donors (Lipinski definition) is 0. The van der Waals surface area contributed by atoms with Crippen molar-refractivity contribution in [3.05, 3.63) is 30.2 Å². The molecule has 49 valence electrons. The van der Waals surface area contributed by atoms with Crippen LogP contribution in [0.25, 0.3) is 0 Å². The maximum Gasteiger partial charge on any atom is 0.0835 e. The van der Waals surface area contributed by atoms with Crippen molar-refractivity contribution in [2.75, 3.05) is 0 Å². The Morgan fingerprint density at radius 3 is 2.67 bits per heavy atom. The van der Waals surface area contributed by atoms with Gasteiger partial charge in [-0.05, 0) is 19.4 Å². The van der Waals surface area contributed by atoms with Crippen molar-refractivity contribution in [1.82, 2.24) is 0 Å². The van der Waals surface area contributed by atoms with Crippen LogP contribution in [0, 0.1) is 6.92 Å². The van der Waals surface area contributed by atoms with Gasteiger partial charge in [0.25, 0.3) is 0 Å². The predicted octanol–water partition coefficient (Wildman–Crippen LogP) is 2.88. The summed E-state index contributed by atoms with van der Waals surface area (Å²) in [4.78, 5) is -0.601. The highest BCUT2D eigenvalue weighted by atomic mass is 35.5. The van der Waals surface area contributed by atoms with Crippen LogP contribution in [0.15, 0.2) is 23.3 Å². The lowest BCUT2D eigenvalue weighted by Crippen LogP contribution is -2.17. The molecule has 0 saturated carbocycles. The van der Waals surface area contributed by atoms with Gasteiger partial charge in [0, 0.05) is 5.03 Å². The van der Waals surface area contributed by atoms with Gasteiger partial charge in [0.05, 0.1) is 4.87 Å². The second kappa shape index (κ2) is 2.36. The molecule has 9 heavy (non-hydrogen) atoms. The van der Waals surface area contributed by atoms with Crippen molar-refractivity contribution in [2.24, 2.45) is 0 Å². The maximum atomic E-state index is 5.86. The standard InChI is InChI=1S/C7H7Cl2/c1-7(9)5-3-2-4-6(7)8/h2-4H,1,5H2. The Labute approximate surface area is 65.2 Å². The Kier molecular flexibility index (Phi) is 1.88. The Bertz CT molecular complexity index is 166. The van der Waals surface area contributed by atoms with Gasteiger partial charge < -0.3 is 0 Å². The fourth-order valence-corrected chi connectivity index (χ4v) is 0.956. The zero-order valence-corrected chi connectivity index (χ0v) is 6.41. The molecule has 2 heteroatoms. The number of hydrogen-bond acceptors (Lipinski definition) is 0. The summed E-state index contributed by atoms with van der Waals surface area (Å²) >= 11 is 11.6. The lowest BCUT2D eigenvalue weighted by Gasteiger charge is -2.20. The normalized spacial score (nSPS) is 34.3. The van der Waals surface area contributed by atoms with Crippen molar-refractivity contribution in [3.63, 3.8) is 0 Å². The van der Waals surface area contributed by atoms with Crippen LogP contribution in [0.3, 0.4) is 0 Å². The summed E-state index contributed by atoms with van der Waals surface area (Å²) in [6.45, 7) is 3.72. The predicted molar refractivity (Wildman–Crippen MR) is 41.6 cm³/mol. The first kappa shape index (κ1) is 7.17. The molecule has 0 fully saturated rings. The molecule has 0 aliphatic heterocycles. The minimum absolute atomic E-state index is 0.601. The molecule has 1 atom stereocenters. The molecule has 0 aromatic heterocycles. The highest BCUT2D eigenvalue weighted by molar-refractivity contribution is 6.40. The van der Waals surface area contributed by atoms with Gasteiger partial charge in [-0.25, -0.2) is 0 Å². The molecule has 0 amide bonds. The molecule has 0 aromatic rings. The summed E-state index contributed by atoms with van der Waals surface area (Å²) in [5.74, 6) is 0. The molecule has 0 heterocycles. The van der Waals surface area contributed by atoms with E-state index in [4.69, 9.17) is 23.2 Å². The molecule has 1 rings (SSSR count). The minimum Gasteiger partial charge on any atom is -0.113 e. The molecule has 0 N–H and O–H groups in total. The van der Waals surface area contributed by atoms with Crippen molar-refractivity contribution in [3.8, 4) is 0 Å². The second-order valence-electron chi connectivity index (χ2n) is 2.11. The van der Waals surface area contributed by atoms with Crippen molar-refractivity contribution < 1.29 is 0 Å². The van der Waals surface area contributed by atoms with E-state index in [0.29, 0.717) is 11.5 Å². The van der Waals surface area contributed by atoms with E-state index < -0.39 is 4.87 Å². The van der Waals surface area contributed by atoms with Crippen LogP contribution in [0.1, 0.15) is 6.42 Å². The largest absolute Gasteiger partial charge is 0.113 e. The number of rotatable bonds is 0. The van der Waals surface area contributed by atoms with Gasteiger partial charge in [-0.15, -0.1) is 11.6 Å². The van der Waals surface area contributed by atoms with Crippen molar-refractivity contribution >= 4 is 23.2 Å². The maximum absolute atomic E-state index is 5.86. The average Bonchev–Trinajstić information content (AvgIpc) is 1.77. The third-order valence-corrected chi connectivity index (χ3v) is 2.19. The van der Waals surface area contributed by atoms with E-state index in [1.165, 1.54) is 0 Å². The number of halogens is 2. The first-order chi connectivity index (χ1) is 4.13. The highest BCUT2D eigenvalue weighted by Gasteiger charge is 2.24. The van der Waals surface area contributed by atoms with Gasteiger partial charge in [0.1, 0.15) is 0 Å². The summed E-state index contributed by atoms with van der Waals surface area (Å²) in [6, 6.07) is 0. The molecule has 0 saturated heterocycles. The van der Waals surface area contributed by atoms with Crippen LogP contribution in [-0.2, 0) is 0 Å². The van der Waals surface area contributed by atoms with E-state index in [2.05, 4.69) is 6.92 Å². The van der Waals surface area contributed by atoms with Crippen LogP contribution >= 0.6 is 23.2 Å². The minimum atomic E-state index is -0.601. The zero-order valence-electron chi connectivity index (χ0n) is 4.90.